The van der Waals surface area contributed by atoms with Gasteiger partial charge in [-0.1, -0.05) is 53.8 Å². The molecule has 3 aromatic rings. The highest BCUT2D eigenvalue weighted by atomic mass is 32.1. The highest BCUT2D eigenvalue weighted by Gasteiger charge is 2.32. The molecule has 0 atom stereocenters. The quantitative estimate of drug-likeness (QED) is 0.511. The molecular weight excluding hydrogens is 401 g/mol. The molecule has 1 aliphatic rings. The monoisotopic (exact) mass is 423 g/mol. The molecule has 7 heteroatoms. The topological polar surface area (TPSA) is 53.5 Å². The number of carbonyl (C=O) groups excluding carboxylic acids is 2. The van der Waals surface area contributed by atoms with Crippen LogP contribution in [0.25, 0.3) is 0 Å². The second kappa shape index (κ2) is 8.75. The molecular formula is C23H22FN3O2S. The Morgan fingerprint density at radius 1 is 1.10 bits per heavy atom. The van der Waals surface area contributed by atoms with E-state index in [0.29, 0.717) is 41.8 Å². The Hall–Kier alpha value is -3.06. The highest BCUT2D eigenvalue weighted by Crippen LogP contribution is 2.30. The summed E-state index contributed by atoms with van der Waals surface area (Å²) in [6, 6.07) is 16.1. The zero-order chi connectivity index (χ0) is 21.1. The Balaban J connectivity index is 1.42. The van der Waals surface area contributed by atoms with Gasteiger partial charge in [-0.2, -0.15) is 0 Å². The van der Waals surface area contributed by atoms with Gasteiger partial charge in [0.2, 0.25) is 0 Å². The number of hydrogen-bond acceptors (Lipinski definition) is 4. The van der Waals surface area contributed by atoms with Crippen LogP contribution < -0.4 is 4.90 Å². The summed E-state index contributed by atoms with van der Waals surface area (Å²) in [5.41, 5.74) is 2.50. The van der Waals surface area contributed by atoms with Crippen molar-refractivity contribution in [3.63, 3.8) is 0 Å². The van der Waals surface area contributed by atoms with Crippen molar-refractivity contribution in [1.82, 2.24) is 9.88 Å². The first kappa shape index (κ1) is 20.2. The van der Waals surface area contributed by atoms with Gasteiger partial charge in [0.15, 0.2) is 10.9 Å². The molecule has 4 rings (SSSR count). The van der Waals surface area contributed by atoms with Gasteiger partial charge in [-0.3, -0.25) is 9.69 Å². The molecule has 1 aromatic heterocycles. The van der Waals surface area contributed by atoms with Crippen LogP contribution in [0.2, 0.25) is 0 Å². The molecule has 154 valence electrons. The number of nitrogens with zero attached hydrogens (tertiary/aromatic N) is 3. The Labute approximate surface area is 178 Å². The van der Waals surface area contributed by atoms with Crippen molar-refractivity contribution in [2.45, 2.75) is 26.3 Å². The number of Topliss-reactive ketones (excluding diaryl/α,β-unsaturated/α-hetero) is 1. The number of anilines is 1. The lowest BCUT2D eigenvalue weighted by Gasteiger charge is -2.16. The van der Waals surface area contributed by atoms with E-state index >= 15 is 0 Å². The van der Waals surface area contributed by atoms with Gasteiger partial charge in [0, 0.05) is 26.1 Å². The number of urea groups is 1. The van der Waals surface area contributed by atoms with E-state index in [0.717, 1.165) is 11.1 Å². The summed E-state index contributed by atoms with van der Waals surface area (Å²) in [6.45, 7) is 3.52. The molecule has 2 amide bonds. The Bertz CT molecular complexity index is 1070. The summed E-state index contributed by atoms with van der Waals surface area (Å²) in [7, 11) is 0. The minimum absolute atomic E-state index is 0.0340. The number of benzene rings is 2. The molecule has 0 radical (unpaired) electrons. The number of carbonyl (C=O) groups is 2. The van der Waals surface area contributed by atoms with Crippen LogP contribution in [-0.2, 0) is 13.0 Å². The second-order valence-electron chi connectivity index (χ2n) is 7.31. The molecule has 1 fully saturated rings. The zero-order valence-corrected chi connectivity index (χ0v) is 17.5. The fourth-order valence-corrected chi connectivity index (χ4v) is 4.58. The second-order valence-corrected chi connectivity index (χ2v) is 8.28. The number of aryl methyl sites for hydroxylation is 2. The first-order chi connectivity index (χ1) is 14.5. The summed E-state index contributed by atoms with van der Waals surface area (Å²) in [5, 5.41) is 0.558. The third-order valence-electron chi connectivity index (χ3n) is 5.11. The summed E-state index contributed by atoms with van der Waals surface area (Å²) < 4.78 is 13.3. The molecule has 0 spiro atoms. The molecule has 1 saturated heterocycles. The molecule has 2 aromatic carbocycles. The maximum Gasteiger partial charge on any atom is 0.326 e. The van der Waals surface area contributed by atoms with E-state index < -0.39 is 0 Å². The number of halogens is 1. The summed E-state index contributed by atoms with van der Waals surface area (Å²) in [4.78, 5) is 34.0. The van der Waals surface area contributed by atoms with E-state index in [4.69, 9.17) is 0 Å². The predicted octanol–water partition coefficient (Wildman–Crippen LogP) is 4.85. The third-order valence-corrected chi connectivity index (χ3v) is 6.33. The van der Waals surface area contributed by atoms with Crippen molar-refractivity contribution >= 4 is 28.3 Å². The Morgan fingerprint density at radius 2 is 1.87 bits per heavy atom. The minimum atomic E-state index is -0.302. The molecule has 0 N–H and O–H groups in total. The average Bonchev–Trinajstić information content (AvgIpc) is 3.30. The van der Waals surface area contributed by atoms with Crippen LogP contribution in [0.1, 0.15) is 32.9 Å². The first-order valence-electron chi connectivity index (χ1n) is 9.86. The van der Waals surface area contributed by atoms with Crippen LogP contribution in [0.15, 0.2) is 54.6 Å². The lowest BCUT2D eigenvalue weighted by atomic mass is 10.1. The van der Waals surface area contributed by atoms with Gasteiger partial charge < -0.3 is 4.90 Å². The van der Waals surface area contributed by atoms with Crippen LogP contribution in [0.5, 0.6) is 0 Å². The molecule has 5 nitrogen and oxygen atoms in total. The number of thiazole rings is 1. The van der Waals surface area contributed by atoms with E-state index in [1.54, 1.807) is 22.8 Å². The van der Waals surface area contributed by atoms with Crippen LogP contribution in [0.3, 0.4) is 0 Å². The van der Waals surface area contributed by atoms with Gasteiger partial charge >= 0.3 is 6.03 Å². The highest BCUT2D eigenvalue weighted by molar-refractivity contribution is 7.17. The van der Waals surface area contributed by atoms with Gasteiger partial charge in [0.25, 0.3) is 0 Å². The standard InChI is InChI=1S/C23H22FN3O2S/c1-16-21(20(28)11-10-17-8-5-9-19(24)14-17)30-22(25-16)27-13-12-26(23(27)29)15-18-6-3-2-4-7-18/h2-9,14H,10-13,15H2,1H3. The van der Waals surface area contributed by atoms with Crippen molar-refractivity contribution in [3.8, 4) is 0 Å². The lowest BCUT2D eigenvalue weighted by Crippen LogP contribution is -2.31. The largest absolute Gasteiger partial charge is 0.326 e. The van der Waals surface area contributed by atoms with Crippen molar-refractivity contribution < 1.29 is 14.0 Å². The SMILES string of the molecule is Cc1nc(N2CCN(Cc3ccccc3)C2=O)sc1C(=O)CCc1cccc(F)c1. The molecule has 0 saturated carbocycles. The van der Waals surface area contributed by atoms with Gasteiger partial charge in [0.05, 0.1) is 10.6 Å². The molecule has 0 unspecified atom stereocenters. The normalized spacial score (nSPS) is 13.9. The molecule has 0 bridgehead atoms. The van der Waals surface area contributed by atoms with Gasteiger partial charge in [-0.15, -0.1) is 0 Å². The van der Waals surface area contributed by atoms with Crippen LogP contribution in [0.4, 0.5) is 14.3 Å². The van der Waals surface area contributed by atoms with E-state index in [1.807, 2.05) is 36.4 Å². The average molecular weight is 424 g/mol. The van der Waals surface area contributed by atoms with Crippen LogP contribution >= 0.6 is 11.3 Å². The van der Waals surface area contributed by atoms with E-state index in [1.165, 1.54) is 23.5 Å². The van der Waals surface area contributed by atoms with Gasteiger partial charge in [-0.25, -0.2) is 14.2 Å². The van der Waals surface area contributed by atoms with Crippen molar-refractivity contribution in [2.75, 3.05) is 18.0 Å². The fraction of sp³-hybridized carbons (Fsp3) is 0.261. The number of aromatic nitrogens is 1. The Morgan fingerprint density at radius 3 is 2.63 bits per heavy atom. The van der Waals surface area contributed by atoms with E-state index in [-0.39, 0.29) is 24.1 Å². The smallest absolute Gasteiger partial charge is 0.318 e. The zero-order valence-electron chi connectivity index (χ0n) is 16.7. The summed E-state index contributed by atoms with van der Waals surface area (Å²) in [5.74, 6) is -0.336. The first-order valence-corrected chi connectivity index (χ1v) is 10.7. The van der Waals surface area contributed by atoms with Gasteiger partial charge in [0.1, 0.15) is 5.82 Å². The van der Waals surface area contributed by atoms with Gasteiger partial charge in [-0.05, 0) is 36.6 Å². The van der Waals surface area contributed by atoms with Crippen molar-refractivity contribution in [2.24, 2.45) is 0 Å². The number of amides is 2. The number of rotatable bonds is 7. The fourth-order valence-electron chi connectivity index (χ4n) is 3.53. The Kier molecular flexibility index (Phi) is 5.90. The maximum absolute atomic E-state index is 13.3. The summed E-state index contributed by atoms with van der Waals surface area (Å²) in [6.07, 6.45) is 0.747. The van der Waals surface area contributed by atoms with E-state index in [9.17, 15) is 14.0 Å². The predicted molar refractivity (Wildman–Crippen MR) is 115 cm³/mol. The summed E-state index contributed by atoms with van der Waals surface area (Å²) >= 11 is 1.26. The third kappa shape index (κ3) is 4.41. The number of hydrogen-bond donors (Lipinski definition) is 0. The molecule has 30 heavy (non-hydrogen) atoms. The van der Waals surface area contributed by atoms with Crippen molar-refractivity contribution in [3.05, 3.63) is 82.1 Å². The minimum Gasteiger partial charge on any atom is -0.318 e. The maximum atomic E-state index is 13.3. The van der Waals surface area contributed by atoms with Crippen LogP contribution in [-0.4, -0.2) is 34.8 Å². The van der Waals surface area contributed by atoms with Crippen LogP contribution in [0, 0.1) is 12.7 Å². The van der Waals surface area contributed by atoms with E-state index in [2.05, 4.69) is 4.98 Å². The molecule has 2 heterocycles. The molecule has 0 aliphatic carbocycles. The molecule has 1 aliphatic heterocycles. The number of ketones is 1. The lowest BCUT2D eigenvalue weighted by molar-refractivity contribution is 0.0986. The van der Waals surface area contributed by atoms with Crippen molar-refractivity contribution in [1.29, 1.82) is 0 Å².